The fourth-order valence-corrected chi connectivity index (χ4v) is 2.89. The molecule has 0 aliphatic carbocycles. The number of likely N-dealkylation sites (tertiary alicyclic amines) is 1. The minimum Gasteiger partial charge on any atom is -0.292 e. The zero-order chi connectivity index (χ0) is 14.1. The Morgan fingerprint density at radius 3 is 2.95 bits per heavy atom. The standard InChI is InChI=1S/C15H17F2N3/c1-19-9-12(8-18-19)14-6-3-7-20(14)10-11-4-2-5-13(16)15(11)17/h2,4-5,8-9,14H,3,6-7,10H2,1H3/t14-/m0/s1. The molecule has 0 spiro atoms. The molecule has 1 aliphatic heterocycles. The van der Waals surface area contributed by atoms with Crippen LogP contribution >= 0.6 is 0 Å². The maximum absolute atomic E-state index is 13.8. The fraction of sp³-hybridized carbons (Fsp3) is 0.400. The van der Waals surface area contributed by atoms with Gasteiger partial charge in [0.25, 0.3) is 0 Å². The Kier molecular flexibility index (Phi) is 3.53. The van der Waals surface area contributed by atoms with E-state index in [1.807, 2.05) is 19.4 Å². The summed E-state index contributed by atoms with van der Waals surface area (Å²) < 4.78 is 28.8. The summed E-state index contributed by atoms with van der Waals surface area (Å²) in [5, 5.41) is 4.19. The molecule has 0 amide bonds. The molecule has 106 valence electrons. The number of hydrogen-bond donors (Lipinski definition) is 0. The molecule has 1 aromatic carbocycles. The predicted octanol–water partition coefficient (Wildman–Crippen LogP) is 3.04. The monoisotopic (exact) mass is 277 g/mol. The van der Waals surface area contributed by atoms with E-state index in [1.54, 1.807) is 16.8 Å². The molecule has 1 aromatic heterocycles. The highest BCUT2D eigenvalue weighted by Gasteiger charge is 2.27. The van der Waals surface area contributed by atoms with Crippen molar-refractivity contribution in [2.45, 2.75) is 25.4 Å². The predicted molar refractivity (Wildman–Crippen MR) is 72.0 cm³/mol. The minimum atomic E-state index is -0.778. The van der Waals surface area contributed by atoms with Crippen LogP contribution in [0.4, 0.5) is 8.78 Å². The molecule has 1 atom stereocenters. The zero-order valence-electron chi connectivity index (χ0n) is 11.4. The summed E-state index contributed by atoms with van der Waals surface area (Å²) >= 11 is 0. The Balaban J connectivity index is 1.81. The van der Waals surface area contributed by atoms with Gasteiger partial charge in [-0.15, -0.1) is 0 Å². The Morgan fingerprint density at radius 1 is 1.35 bits per heavy atom. The molecule has 3 rings (SSSR count). The van der Waals surface area contributed by atoms with Gasteiger partial charge in [0.15, 0.2) is 11.6 Å². The van der Waals surface area contributed by atoms with Crippen molar-refractivity contribution in [1.82, 2.24) is 14.7 Å². The van der Waals surface area contributed by atoms with Crippen LogP contribution in [0.25, 0.3) is 0 Å². The SMILES string of the molecule is Cn1cc([C@@H]2CCCN2Cc2cccc(F)c2F)cn1. The Bertz CT molecular complexity index is 609. The van der Waals surface area contributed by atoms with E-state index in [9.17, 15) is 8.78 Å². The smallest absolute Gasteiger partial charge is 0.163 e. The van der Waals surface area contributed by atoms with Crippen molar-refractivity contribution >= 4 is 0 Å². The first-order valence-corrected chi connectivity index (χ1v) is 6.80. The molecule has 2 aromatic rings. The van der Waals surface area contributed by atoms with Crippen LogP contribution in [0.1, 0.15) is 30.0 Å². The van der Waals surface area contributed by atoms with Gasteiger partial charge in [-0.1, -0.05) is 12.1 Å². The number of benzene rings is 1. The summed E-state index contributed by atoms with van der Waals surface area (Å²) in [6.45, 7) is 1.33. The largest absolute Gasteiger partial charge is 0.292 e. The molecule has 3 nitrogen and oxygen atoms in total. The van der Waals surface area contributed by atoms with Crippen molar-refractivity contribution in [2.75, 3.05) is 6.54 Å². The molecule has 20 heavy (non-hydrogen) atoms. The van der Waals surface area contributed by atoms with Crippen molar-refractivity contribution in [3.05, 3.63) is 53.4 Å². The van der Waals surface area contributed by atoms with E-state index in [-0.39, 0.29) is 6.04 Å². The van der Waals surface area contributed by atoms with Gasteiger partial charge in [0.2, 0.25) is 0 Å². The summed E-state index contributed by atoms with van der Waals surface area (Å²) in [5.41, 5.74) is 1.56. The molecule has 5 heteroatoms. The zero-order valence-corrected chi connectivity index (χ0v) is 11.4. The third-order valence-corrected chi connectivity index (χ3v) is 3.88. The van der Waals surface area contributed by atoms with Crippen LogP contribution in [-0.2, 0) is 13.6 Å². The van der Waals surface area contributed by atoms with E-state index in [4.69, 9.17) is 0 Å². The normalized spacial score (nSPS) is 19.6. The average molecular weight is 277 g/mol. The maximum Gasteiger partial charge on any atom is 0.163 e. The highest BCUT2D eigenvalue weighted by atomic mass is 19.2. The summed E-state index contributed by atoms with van der Waals surface area (Å²) in [4.78, 5) is 2.19. The molecule has 0 saturated carbocycles. The van der Waals surface area contributed by atoms with Crippen molar-refractivity contribution in [2.24, 2.45) is 7.05 Å². The molecule has 1 fully saturated rings. The molecule has 0 N–H and O–H groups in total. The molecule has 0 radical (unpaired) electrons. The van der Waals surface area contributed by atoms with Gasteiger partial charge in [-0.2, -0.15) is 5.10 Å². The van der Waals surface area contributed by atoms with Crippen LogP contribution in [0.3, 0.4) is 0 Å². The van der Waals surface area contributed by atoms with Gasteiger partial charge in [0.05, 0.1) is 6.20 Å². The van der Waals surface area contributed by atoms with Crippen LogP contribution < -0.4 is 0 Å². The summed E-state index contributed by atoms with van der Waals surface area (Å²) in [6, 6.07) is 4.60. The summed E-state index contributed by atoms with van der Waals surface area (Å²) in [5.74, 6) is -1.51. The van der Waals surface area contributed by atoms with Crippen LogP contribution in [0, 0.1) is 11.6 Å². The van der Waals surface area contributed by atoms with E-state index in [0.29, 0.717) is 12.1 Å². The minimum absolute atomic E-state index is 0.242. The van der Waals surface area contributed by atoms with E-state index in [1.165, 1.54) is 0 Å². The van der Waals surface area contributed by atoms with Crippen LogP contribution in [-0.4, -0.2) is 21.2 Å². The fourth-order valence-electron chi connectivity index (χ4n) is 2.89. The van der Waals surface area contributed by atoms with Crippen LogP contribution in [0.2, 0.25) is 0 Å². The van der Waals surface area contributed by atoms with Gasteiger partial charge in [-0.3, -0.25) is 9.58 Å². The van der Waals surface area contributed by atoms with Gasteiger partial charge >= 0.3 is 0 Å². The first-order valence-electron chi connectivity index (χ1n) is 6.80. The average Bonchev–Trinajstić information content (AvgIpc) is 3.03. The number of nitrogens with zero attached hydrogens (tertiary/aromatic N) is 3. The number of aromatic nitrogens is 2. The van der Waals surface area contributed by atoms with Gasteiger partial charge in [0.1, 0.15) is 0 Å². The Labute approximate surface area is 116 Å². The Morgan fingerprint density at radius 2 is 2.20 bits per heavy atom. The second kappa shape index (κ2) is 5.32. The van der Waals surface area contributed by atoms with Gasteiger partial charge in [-0.05, 0) is 25.5 Å². The number of halogens is 2. The highest BCUT2D eigenvalue weighted by molar-refractivity contribution is 5.20. The lowest BCUT2D eigenvalue weighted by molar-refractivity contribution is 0.244. The molecule has 1 aliphatic rings. The Hall–Kier alpha value is -1.75. The summed E-state index contributed by atoms with van der Waals surface area (Å²) in [7, 11) is 1.88. The van der Waals surface area contributed by atoms with Gasteiger partial charge < -0.3 is 0 Å². The third-order valence-electron chi connectivity index (χ3n) is 3.88. The van der Waals surface area contributed by atoms with Gasteiger partial charge in [0, 0.05) is 37.0 Å². The van der Waals surface area contributed by atoms with Crippen molar-refractivity contribution < 1.29 is 8.78 Å². The lowest BCUT2D eigenvalue weighted by atomic mass is 10.1. The van der Waals surface area contributed by atoms with Crippen LogP contribution in [0.5, 0.6) is 0 Å². The van der Waals surface area contributed by atoms with E-state index in [2.05, 4.69) is 10.00 Å². The van der Waals surface area contributed by atoms with Crippen molar-refractivity contribution in [1.29, 1.82) is 0 Å². The van der Waals surface area contributed by atoms with E-state index < -0.39 is 11.6 Å². The molecular formula is C15H17F2N3. The quantitative estimate of drug-likeness (QED) is 0.860. The van der Waals surface area contributed by atoms with Crippen molar-refractivity contribution in [3.63, 3.8) is 0 Å². The summed E-state index contributed by atoms with van der Waals surface area (Å²) in [6.07, 6.45) is 5.94. The highest BCUT2D eigenvalue weighted by Crippen LogP contribution is 2.33. The first kappa shape index (κ1) is 13.2. The van der Waals surface area contributed by atoms with E-state index >= 15 is 0 Å². The van der Waals surface area contributed by atoms with Crippen LogP contribution in [0.15, 0.2) is 30.6 Å². The lowest BCUT2D eigenvalue weighted by Crippen LogP contribution is -2.23. The van der Waals surface area contributed by atoms with E-state index in [0.717, 1.165) is 31.0 Å². The van der Waals surface area contributed by atoms with Crippen molar-refractivity contribution in [3.8, 4) is 0 Å². The second-order valence-electron chi connectivity index (χ2n) is 5.29. The third kappa shape index (κ3) is 2.45. The number of rotatable bonds is 3. The molecule has 0 bridgehead atoms. The van der Waals surface area contributed by atoms with Gasteiger partial charge in [-0.25, -0.2) is 8.78 Å². The maximum atomic E-state index is 13.8. The topological polar surface area (TPSA) is 21.1 Å². The lowest BCUT2D eigenvalue weighted by Gasteiger charge is -2.23. The second-order valence-corrected chi connectivity index (χ2v) is 5.29. The first-order chi connectivity index (χ1) is 9.65. The number of hydrogen-bond acceptors (Lipinski definition) is 2. The number of aryl methyl sites for hydroxylation is 1. The molecular weight excluding hydrogens is 260 g/mol. The molecule has 0 unspecified atom stereocenters. The molecule has 1 saturated heterocycles. The molecule has 2 heterocycles.